The minimum Gasteiger partial charge on any atom is -0.322 e. The first-order chi connectivity index (χ1) is 11.0. The first kappa shape index (κ1) is 15.5. The number of nitrogens with zero attached hydrogens (tertiary/aromatic N) is 4. The van der Waals surface area contributed by atoms with Crippen molar-refractivity contribution < 1.29 is 4.79 Å². The van der Waals surface area contributed by atoms with Crippen LogP contribution >= 0.6 is 22.9 Å². The van der Waals surface area contributed by atoms with Gasteiger partial charge in [-0.1, -0.05) is 11.6 Å². The Hall–Kier alpha value is -2.38. The van der Waals surface area contributed by atoms with E-state index in [9.17, 15) is 4.79 Å². The highest BCUT2D eigenvalue weighted by atomic mass is 35.5. The van der Waals surface area contributed by atoms with Gasteiger partial charge in [-0.05, 0) is 19.1 Å². The van der Waals surface area contributed by atoms with E-state index in [0.29, 0.717) is 37.9 Å². The lowest BCUT2D eigenvalue weighted by Crippen LogP contribution is -1.98. The van der Waals surface area contributed by atoms with Crippen molar-refractivity contribution in [1.82, 2.24) is 19.9 Å². The van der Waals surface area contributed by atoms with Crippen LogP contribution in [-0.4, -0.2) is 25.7 Å². The molecule has 0 aromatic carbocycles. The lowest BCUT2D eigenvalue weighted by molar-refractivity contribution is 0.102. The summed E-state index contributed by atoms with van der Waals surface area (Å²) < 4.78 is 0. The lowest BCUT2D eigenvalue weighted by Gasteiger charge is -2.06. The largest absolute Gasteiger partial charge is 0.322 e. The summed E-state index contributed by atoms with van der Waals surface area (Å²) in [6, 6.07) is 3.43. The van der Waals surface area contributed by atoms with Crippen LogP contribution in [0.1, 0.15) is 22.3 Å². The standard InChI is InChI=1S/C15H12ClN5OS/c1-8-13(9(2)22)23-14(19-8)11-4-6-18-15(20-11)21-12-7-17-5-3-10(12)16/h3-7H,1-2H3,(H,18,20,21). The van der Waals surface area contributed by atoms with Gasteiger partial charge in [0.1, 0.15) is 10.7 Å². The average Bonchev–Trinajstić information content (AvgIpc) is 2.92. The summed E-state index contributed by atoms with van der Waals surface area (Å²) >= 11 is 7.41. The van der Waals surface area contributed by atoms with Crippen LogP contribution in [0.25, 0.3) is 10.7 Å². The molecule has 0 atom stereocenters. The maximum atomic E-state index is 11.6. The molecular formula is C15H12ClN5OS. The van der Waals surface area contributed by atoms with Crippen LogP contribution in [0.2, 0.25) is 5.02 Å². The van der Waals surface area contributed by atoms with E-state index in [2.05, 4.69) is 25.3 Å². The molecular weight excluding hydrogens is 334 g/mol. The molecule has 116 valence electrons. The van der Waals surface area contributed by atoms with Crippen molar-refractivity contribution in [2.45, 2.75) is 13.8 Å². The number of pyridine rings is 1. The topological polar surface area (TPSA) is 80.7 Å². The van der Waals surface area contributed by atoms with Crippen molar-refractivity contribution in [3.63, 3.8) is 0 Å². The third-order valence-electron chi connectivity index (χ3n) is 3.01. The first-order valence-corrected chi connectivity index (χ1v) is 7.92. The fraction of sp³-hybridized carbons (Fsp3) is 0.133. The Bertz CT molecular complexity index is 880. The van der Waals surface area contributed by atoms with E-state index in [1.165, 1.54) is 18.3 Å². The predicted molar refractivity (Wildman–Crippen MR) is 90.4 cm³/mol. The van der Waals surface area contributed by atoms with Gasteiger partial charge in [0.05, 0.1) is 27.5 Å². The Morgan fingerprint density at radius 2 is 2.09 bits per heavy atom. The number of carbonyl (C=O) groups is 1. The quantitative estimate of drug-likeness (QED) is 0.722. The van der Waals surface area contributed by atoms with Crippen molar-refractivity contribution in [3.05, 3.63) is 46.3 Å². The molecule has 3 rings (SSSR count). The van der Waals surface area contributed by atoms with E-state index in [-0.39, 0.29) is 5.78 Å². The summed E-state index contributed by atoms with van der Waals surface area (Å²) in [4.78, 5) is 29.2. The summed E-state index contributed by atoms with van der Waals surface area (Å²) in [7, 11) is 0. The smallest absolute Gasteiger partial charge is 0.227 e. The van der Waals surface area contributed by atoms with E-state index in [4.69, 9.17) is 11.6 Å². The zero-order chi connectivity index (χ0) is 16.4. The number of nitrogens with one attached hydrogen (secondary N) is 1. The van der Waals surface area contributed by atoms with E-state index >= 15 is 0 Å². The summed E-state index contributed by atoms with van der Waals surface area (Å²) in [6.07, 6.45) is 4.82. The van der Waals surface area contributed by atoms with Crippen LogP contribution in [-0.2, 0) is 0 Å². The number of thiazole rings is 1. The summed E-state index contributed by atoms with van der Waals surface area (Å²) in [6.45, 7) is 3.34. The second kappa shape index (κ2) is 6.39. The van der Waals surface area contributed by atoms with Gasteiger partial charge in [-0.15, -0.1) is 11.3 Å². The molecule has 0 aliphatic carbocycles. The first-order valence-electron chi connectivity index (χ1n) is 6.73. The van der Waals surface area contributed by atoms with Gasteiger partial charge >= 0.3 is 0 Å². The molecule has 1 N–H and O–H groups in total. The third kappa shape index (κ3) is 3.35. The number of carbonyl (C=O) groups excluding carboxylic acids is 1. The van der Waals surface area contributed by atoms with Gasteiger partial charge in [0, 0.05) is 19.3 Å². The van der Waals surface area contributed by atoms with Gasteiger partial charge in [0.2, 0.25) is 5.95 Å². The van der Waals surface area contributed by atoms with Crippen LogP contribution in [0.15, 0.2) is 30.7 Å². The molecule has 0 spiro atoms. The molecule has 0 amide bonds. The van der Waals surface area contributed by atoms with E-state index in [0.717, 1.165) is 0 Å². The molecule has 0 fully saturated rings. The number of ketones is 1. The van der Waals surface area contributed by atoms with E-state index < -0.39 is 0 Å². The van der Waals surface area contributed by atoms with Crippen molar-refractivity contribution in [3.8, 4) is 10.7 Å². The summed E-state index contributed by atoms with van der Waals surface area (Å²) in [5, 5.41) is 4.22. The third-order valence-corrected chi connectivity index (χ3v) is 4.62. The maximum absolute atomic E-state index is 11.6. The lowest BCUT2D eigenvalue weighted by atomic mass is 10.3. The Balaban J connectivity index is 1.93. The normalized spacial score (nSPS) is 10.6. The summed E-state index contributed by atoms with van der Waals surface area (Å²) in [5.41, 5.74) is 1.97. The molecule has 3 aromatic rings. The van der Waals surface area contributed by atoms with Crippen molar-refractivity contribution in [2.75, 3.05) is 5.32 Å². The number of hydrogen-bond donors (Lipinski definition) is 1. The van der Waals surface area contributed by atoms with Gasteiger partial charge in [-0.25, -0.2) is 15.0 Å². The average molecular weight is 346 g/mol. The highest BCUT2D eigenvalue weighted by Gasteiger charge is 2.14. The van der Waals surface area contributed by atoms with Crippen LogP contribution < -0.4 is 5.32 Å². The number of Topliss-reactive ketones (excluding diaryl/α,β-unsaturated/α-hetero) is 1. The van der Waals surface area contributed by atoms with E-state index in [1.54, 1.807) is 30.7 Å². The summed E-state index contributed by atoms with van der Waals surface area (Å²) in [5.74, 6) is 0.385. The monoisotopic (exact) mass is 345 g/mol. The van der Waals surface area contributed by atoms with Crippen LogP contribution in [0.4, 0.5) is 11.6 Å². The molecule has 0 aliphatic rings. The van der Waals surface area contributed by atoms with Gasteiger partial charge in [-0.3, -0.25) is 9.78 Å². The van der Waals surface area contributed by atoms with Crippen LogP contribution in [0, 0.1) is 6.92 Å². The maximum Gasteiger partial charge on any atom is 0.227 e. The number of hydrogen-bond acceptors (Lipinski definition) is 7. The molecule has 0 bridgehead atoms. The SMILES string of the molecule is CC(=O)c1sc(-c2ccnc(Nc3cnccc3Cl)n2)nc1C. The van der Waals surface area contributed by atoms with Gasteiger partial charge < -0.3 is 5.32 Å². The minimum absolute atomic E-state index is 0.000737. The minimum atomic E-state index is 0.000737. The van der Waals surface area contributed by atoms with Gasteiger partial charge in [0.15, 0.2) is 5.78 Å². The van der Waals surface area contributed by atoms with Crippen molar-refractivity contribution >= 4 is 40.4 Å². The Labute approximate surface area is 141 Å². The molecule has 0 saturated heterocycles. The molecule has 3 heterocycles. The fourth-order valence-electron chi connectivity index (χ4n) is 1.96. The molecule has 0 aliphatic heterocycles. The highest BCUT2D eigenvalue weighted by Crippen LogP contribution is 2.28. The Morgan fingerprint density at radius 3 is 2.78 bits per heavy atom. The molecule has 8 heteroatoms. The van der Waals surface area contributed by atoms with Crippen LogP contribution in [0.5, 0.6) is 0 Å². The van der Waals surface area contributed by atoms with E-state index in [1.807, 2.05) is 6.92 Å². The number of rotatable bonds is 4. The highest BCUT2D eigenvalue weighted by molar-refractivity contribution is 7.17. The molecule has 6 nitrogen and oxygen atoms in total. The van der Waals surface area contributed by atoms with Crippen molar-refractivity contribution in [1.29, 1.82) is 0 Å². The van der Waals surface area contributed by atoms with Crippen molar-refractivity contribution in [2.24, 2.45) is 0 Å². The number of anilines is 2. The molecule has 0 radical (unpaired) electrons. The Kier molecular flexibility index (Phi) is 4.31. The van der Waals surface area contributed by atoms with Gasteiger partial charge in [0.25, 0.3) is 0 Å². The second-order valence-electron chi connectivity index (χ2n) is 4.74. The molecule has 0 unspecified atom stereocenters. The zero-order valence-electron chi connectivity index (χ0n) is 12.4. The molecule has 0 saturated carbocycles. The number of halogens is 1. The number of aromatic nitrogens is 4. The molecule has 3 aromatic heterocycles. The second-order valence-corrected chi connectivity index (χ2v) is 6.14. The van der Waals surface area contributed by atoms with Crippen LogP contribution in [0.3, 0.4) is 0 Å². The number of aryl methyl sites for hydroxylation is 1. The fourth-order valence-corrected chi connectivity index (χ4v) is 3.04. The predicted octanol–water partition coefficient (Wildman–Crippen LogP) is 3.90. The zero-order valence-corrected chi connectivity index (χ0v) is 13.9. The van der Waals surface area contributed by atoms with Gasteiger partial charge in [-0.2, -0.15) is 0 Å². The Morgan fingerprint density at radius 1 is 1.26 bits per heavy atom. The molecule has 23 heavy (non-hydrogen) atoms.